The van der Waals surface area contributed by atoms with Crippen LogP contribution in [0.15, 0.2) is 41.3 Å². The second kappa shape index (κ2) is 4.01. The number of hydrogen-bond donors (Lipinski definition) is 0. The van der Waals surface area contributed by atoms with Crippen molar-refractivity contribution >= 4 is 11.8 Å². The standard InChI is InChI=1S/C12H14S/c1-2-11-8-9-12(13-11)10-6-4-3-5-7-10/h3-8,12H,2,9H2,1H3. The zero-order valence-electron chi connectivity index (χ0n) is 7.86. The van der Waals surface area contributed by atoms with Crippen LogP contribution in [-0.2, 0) is 0 Å². The Morgan fingerprint density at radius 1 is 1.31 bits per heavy atom. The Morgan fingerprint density at radius 2 is 2.08 bits per heavy atom. The molecule has 0 amide bonds. The van der Waals surface area contributed by atoms with Crippen LogP contribution in [0.5, 0.6) is 0 Å². The lowest BCUT2D eigenvalue weighted by Crippen LogP contribution is -1.86. The molecule has 0 aliphatic carbocycles. The van der Waals surface area contributed by atoms with E-state index in [2.05, 4.69) is 43.3 Å². The topological polar surface area (TPSA) is 0 Å². The minimum absolute atomic E-state index is 0.677. The minimum atomic E-state index is 0.677. The van der Waals surface area contributed by atoms with E-state index in [1.54, 1.807) is 4.91 Å². The highest BCUT2D eigenvalue weighted by atomic mass is 32.2. The van der Waals surface area contributed by atoms with Crippen molar-refractivity contribution in [1.82, 2.24) is 0 Å². The molecule has 0 bridgehead atoms. The first-order valence-electron chi connectivity index (χ1n) is 4.81. The number of rotatable bonds is 2. The van der Waals surface area contributed by atoms with Crippen LogP contribution in [0.4, 0.5) is 0 Å². The van der Waals surface area contributed by atoms with Crippen molar-refractivity contribution < 1.29 is 0 Å². The van der Waals surface area contributed by atoms with E-state index in [1.165, 1.54) is 18.4 Å². The Hall–Kier alpha value is -0.690. The molecule has 0 N–H and O–H groups in total. The molecule has 0 saturated carbocycles. The fourth-order valence-electron chi connectivity index (χ4n) is 1.62. The van der Waals surface area contributed by atoms with E-state index in [9.17, 15) is 0 Å². The van der Waals surface area contributed by atoms with Crippen molar-refractivity contribution in [2.24, 2.45) is 0 Å². The van der Waals surface area contributed by atoms with Gasteiger partial charge in [0, 0.05) is 5.25 Å². The van der Waals surface area contributed by atoms with Gasteiger partial charge in [-0.1, -0.05) is 43.3 Å². The maximum atomic E-state index is 2.38. The quantitative estimate of drug-likeness (QED) is 0.675. The summed E-state index contributed by atoms with van der Waals surface area (Å²) >= 11 is 2.02. The Bertz CT molecular complexity index is 300. The van der Waals surface area contributed by atoms with E-state index < -0.39 is 0 Å². The highest BCUT2D eigenvalue weighted by Gasteiger charge is 2.17. The van der Waals surface area contributed by atoms with Crippen LogP contribution in [0.3, 0.4) is 0 Å². The molecular weight excluding hydrogens is 176 g/mol. The van der Waals surface area contributed by atoms with Crippen LogP contribution < -0.4 is 0 Å². The third-order valence-electron chi connectivity index (χ3n) is 2.37. The van der Waals surface area contributed by atoms with Gasteiger partial charge >= 0.3 is 0 Å². The van der Waals surface area contributed by atoms with Gasteiger partial charge in [-0.2, -0.15) is 0 Å². The van der Waals surface area contributed by atoms with Gasteiger partial charge in [-0.15, -0.1) is 11.8 Å². The van der Waals surface area contributed by atoms with Crippen LogP contribution in [-0.4, -0.2) is 0 Å². The lowest BCUT2D eigenvalue weighted by Gasteiger charge is -2.09. The normalized spacial score (nSPS) is 21.6. The second-order valence-corrected chi connectivity index (χ2v) is 4.61. The first kappa shape index (κ1) is 8.89. The Balaban J connectivity index is 2.07. The summed E-state index contributed by atoms with van der Waals surface area (Å²) in [5.41, 5.74) is 1.47. The summed E-state index contributed by atoms with van der Waals surface area (Å²) < 4.78 is 0. The molecular formula is C12H14S. The molecule has 1 heterocycles. The molecule has 2 rings (SSSR count). The lowest BCUT2D eigenvalue weighted by atomic mass is 10.1. The summed E-state index contributed by atoms with van der Waals surface area (Å²) in [6.45, 7) is 2.23. The van der Waals surface area contributed by atoms with Crippen molar-refractivity contribution in [2.45, 2.75) is 25.0 Å². The molecule has 1 aliphatic heterocycles. The minimum Gasteiger partial charge on any atom is -0.122 e. The van der Waals surface area contributed by atoms with E-state index in [0.29, 0.717) is 5.25 Å². The zero-order valence-corrected chi connectivity index (χ0v) is 8.68. The van der Waals surface area contributed by atoms with E-state index in [0.717, 1.165) is 0 Å². The predicted octanol–water partition coefficient (Wildman–Crippen LogP) is 4.16. The highest BCUT2D eigenvalue weighted by molar-refractivity contribution is 8.03. The number of benzene rings is 1. The van der Waals surface area contributed by atoms with Crippen LogP contribution in [0.2, 0.25) is 0 Å². The van der Waals surface area contributed by atoms with Crippen LogP contribution in [0.1, 0.15) is 30.6 Å². The molecule has 1 aliphatic rings. The maximum Gasteiger partial charge on any atom is 0.0376 e. The van der Waals surface area contributed by atoms with Gasteiger partial charge in [0.2, 0.25) is 0 Å². The summed E-state index contributed by atoms with van der Waals surface area (Å²) in [4.78, 5) is 1.55. The van der Waals surface area contributed by atoms with Gasteiger partial charge in [-0.25, -0.2) is 0 Å². The third kappa shape index (κ3) is 1.97. The Morgan fingerprint density at radius 3 is 2.69 bits per heavy atom. The Kier molecular flexibility index (Phi) is 2.74. The van der Waals surface area contributed by atoms with E-state index in [-0.39, 0.29) is 0 Å². The molecule has 68 valence electrons. The molecule has 0 aromatic heterocycles. The molecule has 0 fully saturated rings. The van der Waals surface area contributed by atoms with E-state index in [4.69, 9.17) is 0 Å². The van der Waals surface area contributed by atoms with Crippen LogP contribution >= 0.6 is 11.8 Å². The average Bonchev–Trinajstić information content (AvgIpc) is 2.67. The SMILES string of the molecule is CCC1=CCC(c2ccccc2)S1. The molecule has 0 nitrogen and oxygen atoms in total. The summed E-state index contributed by atoms with van der Waals surface area (Å²) in [6.07, 6.45) is 4.77. The molecule has 0 spiro atoms. The molecule has 1 aromatic carbocycles. The molecule has 1 aromatic rings. The molecule has 0 saturated heterocycles. The van der Waals surface area contributed by atoms with Crippen molar-refractivity contribution in [3.05, 3.63) is 46.9 Å². The number of thioether (sulfide) groups is 1. The van der Waals surface area contributed by atoms with Gasteiger partial charge in [-0.05, 0) is 23.3 Å². The van der Waals surface area contributed by atoms with Crippen LogP contribution in [0, 0.1) is 0 Å². The van der Waals surface area contributed by atoms with E-state index >= 15 is 0 Å². The van der Waals surface area contributed by atoms with Gasteiger partial charge in [-0.3, -0.25) is 0 Å². The van der Waals surface area contributed by atoms with Gasteiger partial charge in [0.25, 0.3) is 0 Å². The smallest absolute Gasteiger partial charge is 0.0376 e. The lowest BCUT2D eigenvalue weighted by molar-refractivity contribution is 0.988. The largest absolute Gasteiger partial charge is 0.122 e. The van der Waals surface area contributed by atoms with E-state index in [1.807, 2.05) is 11.8 Å². The van der Waals surface area contributed by atoms with Gasteiger partial charge in [0.05, 0.1) is 0 Å². The van der Waals surface area contributed by atoms with Gasteiger partial charge < -0.3 is 0 Å². The summed E-state index contributed by atoms with van der Waals surface area (Å²) in [6, 6.07) is 10.8. The molecule has 1 unspecified atom stereocenters. The fourth-order valence-corrected chi connectivity index (χ4v) is 2.83. The molecule has 1 atom stereocenters. The third-order valence-corrected chi connectivity index (χ3v) is 3.88. The monoisotopic (exact) mass is 190 g/mol. The highest BCUT2D eigenvalue weighted by Crippen LogP contribution is 2.44. The van der Waals surface area contributed by atoms with Crippen molar-refractivity contribution in [3.8, 4) is 0 Å². The molecule has 0 radical (unpaired) electrons. The average molecular weight is 190 g/mol. The first-order valence-corrected chi connectivity index (χ1v) is 5.68. The van der Waals surface area contributed by atoms with Crippen molar-refractivity contribution in [1.29, 1.82) is 0 Å². The van der Waals surface area contributed by atoms with Gasteiger partial charge in [0.1, 0.15) is 0 Å². The summed E-state index contributed by atoms with van der Waals surface area (Å²) in [5, 5.41) is 0.677. The second-order valence-electron chi connectivity index (χ2n) is 3.28. The molecule has 1 heteroatoms. The van der Waals surface area contributed by atoms with Gasteiger partial charge in [0.15, 0.2) is 0 Å². The predicted molar refractivity (Wildman–Crippen MR) is 59.8 cm³/mol. The first-order chi connectivity index (χ1) is 6.40. The van der Waals surface area contributed by atoms with Crippen molar-refractivity contribution in [2.75, 3.05) is 0 Å². The number of hydrogen-bond acceptors (Lipinski definition) is 1. The fraction of sp³-hybridized carbons (Fsp3) is 0.333. The summed E-state index contributed by atoms with van der Waals surface area (Å²) in [5.74, 6) is 0. The van der Waals surface area contributed by atoms with Crippen LogP contribution in [0.25, 0.3) is 0 Å². The summed E-state index contributed by atoms with van der Waals surface area (Å²) in [7, 11) is 0. The zero-order chi connectivity index (χ0) is 9.10. The Labute approximate surface area is 84.0 Å². The molecule has 13 heavy (non-hydrogen) atoms. The maximum absolute atomic E-state index is 2.38. The van der Waals surface area contributed by atoms with Crippen molar-refractivity contribution in [3.63, 3.8) is 0 Å². The number of allylic oxidation sites excluding steroid dienone is 2.